The first kappa shape index (κ1) is 32.1. The summed E-state index contributed by atoms with van der Waals surface area (Å²) < 4.78 is 13.4. The zero-order valence-corrected chi connectivity index (χ0v) is 24.9. The number of carbonyl (C=O) groups is 2. The van der Waals surface area contributed by atoms with Crippen LogP contribution in [0.2, 0.25) is 8.87 Å². The van der Waals surface area contributed by atoms with Crippen LogP contribution >= 0.6 is 12.6 Å². The Morgan fingerprint density at radius 2 is 1.28 bits per heavy atom. The van der Waals surface area contributed by atoms with Crippen molar-refractivity contribution in [1.29, 1.82) is 0 Å². The molecule has 1 aliphatic rings. The van der Waals surface area contributed by atoms with Crippen molar-refractivity contribution >= 4 is 45.7 Å². The maximum absolute atomic E-state index is 11.4. The van der Waals surface area contributed by atoms with E-state index in [0.717, 1.165) is 19.3 Å². The Balaban J connectivity index is 0.000000604. The Bertz CT molecular complexity index is 434. The van der Waals surface area contributed by atoms with Crippen molar-refractivity contribution in [2.24, 2.45) is 0 Å². The molecule has 1 saturated heterocycles. The van der Waals surface area contributed by atoms with Crippen LogP contribution in [0.3, 0.4) is 0 Å². The van der Waals surface area contributed by atoms with Gasteiger partial charge in [-0.1, -0.05) is 13.3 Å². The van der Waals surface area contributed by atoms with Crippen LogP contribution in [0.15, 0.2) is 0 Å². The summed E-state index contributed by atoms with van der Waals surface area (Å²) in [5.74, 6) is -0.802. The number of unbranched alkanes of at least 4 members (excludes halogenated alkanes) is 11. The average molecular weight is 577 g/mol. The molecular formula is C26H50O4SSn. The average Bonchev–Trinajstić information content (AvgIpc) is 2.78. The molecule has 0 N–H and O–H groups in total. The van der Waals surface area contributed by atoms with Gasteiger partial charge in [0.2, 0.25) is 0 Å². The van der Waals surface area contributed by atoms with Crippen molar-refractivity contribution in [3.05, 3.63) is 0 Å². The Morgan fingerprint density at radius 3 is 1.81 bits per heavy atom. The van der Waals surface area contributed by atoms with E-state index in [9.17, 15) is 9.59 Å². The van der Waals surface area contributed by atoms with Crippen molar-refractivity contribution in [2.45, 2.75) is 144 Å². The van der Waals surface area contributed by atoms with Crippen LogP contribution < -0.4 is 0 Å². The van der Waals surface area contributed by atoms with Gasteiger partial charge >= 0.3 is 133 Å². The number of ether oxygens (including phenoxy) is 2. The fourth-order valence-corrected chi connectivity index (χ4v) is 7.30. The number of esters is 2. The number of thiol groups is 1. The molecule has 1 fully saturated rings. The van der Waals surface area contributed by atoms with E-state index in [1.54, 1.807) is 21.7 Å². The quantitative estimate of drug-likeness (QED) is 0.0838. The van der Waals surface area contributed by atoms with E-state index in [4.69, 9.17) is 9.47 Å². The van der Waals surface area contributed by atoms with Gasteiger partial charge in [0.15, 0.2) is 0 Å². The van der Waals surface area contributed by atoms with E-state index in [1.807, 2.05) is 0 Å². The topological polar surface area (TPSA) is 52.6 Å². The third kappa shape index (κ3) is 20.7. The normalized spacial score (nSPS) is 18.8. The van der Waals surface area contributed by atoms with Gasteiger partial charge in [0.05, 0.1) is 6.42 Å². The molecule has 0 amide bonds. The summed E-state index contributed by atoms with van der Waals surface area (Å²) in [5, 5.41) is -0.693. The molecule has 0 saturated carbocycles. The van der Waals surface area contributed by atoms with Gasteiger partial charge in [-0.25, -0.2) is 0 Å². The second kappa shape index (κ2) is 24.2. The van der Waals surface area contributed by atoms with Gasteiger partial charge in [-0.15, -0.1) is 0 Å². The summed E-state index contributed by atoms with van der Waals surface area (Å²) >= 11 is 4.06. The van der Waals surface area contributed by atoms with E-state index < -0.39 is 11.2 Å². The molecule has 0 spiro atoms. The third-order valence-electron chi connectivity index (χ3n) is 5.64. The molecule has 0 bridgehead atoms. The number of hydrogen-bond donors (Lipinski definition) is 1. The van der Waals surface area contributed by atoms with E-state index in [-0.39, 0.29) is 46.2 Å². The maximum atomic E-state index is 11.4. The molecule has 2 unspecified atom stereocenters. The first-order valence-electron chi connectivity index (χ1n) is 13.3. The molecule has 1 aliphatic heterocycles. The van der Waals surface area contributed by atoms with Gasteiger partial charge in [0.25, 0.3) is 0 Å². The van der Waals surface area contributed by atoms with Crippen molar-refractivity contribution in [3.8, 4) is 0 Å². The van der Waals surface area contributed by atoms with Crippen LogP contribution in [0.1, 0.15) is 124 Å². The number of cyclic esters (lactones) is 2. The van der Waals surface area contributed by atoms with Crippen LogP contribution in [-0.4, -0.2) is 51.0 Å². The summed E-state index contributed by atoms with van der Waals surface area (Å²) in [5.41, 5.74) is 0. The Hall–Kier alpha value is 0.0887. The van der Waals surface area contributed by atoms with Gasteiger partial charge in [-0.3, -0.25) is 9.59 Å². The van der Waals surface area contributed by atoms with Gasteiger partial charge < -0.3 is 9.47 Å². The molecule has 188 valence electrons. The van der Waals surface area contributed by atoms with Crippen molar-refractivity contribution in [1.82, 2.24) is 0 Å². The number of rotatable bonds is 17. The fourth-order valence-electron chi connectivity index (χ4n) is 3.52. The summed E-state index contributed by atoms with van der Waals surface area (Å²) in [6.07, 6.45) is 20.2. The van der Waals surface area contributed by atoms with E-state index in [1.165, 1.54) is 64.2 Å². The van der Waals surface area contributed by atoms with Crippen LogP contribution in [0.5, 0.6) is 0 Å². The molecule has 1 rings (SSSR count). The Kier molecular flexibility index (Phi) is 24.3. The summed E-state index contributed by atoms with van der Waals surface area (Å²) in [7, 11) is 0. The first-order valence-corrected chi connectivity index (χ1v) is 17.8. The molecule has 4 nitrogen and oxygen atoms in total. The van der Waals surface area contributed by atoms with E-state index >= 15 is 0 Å². The second-order valence-electron chi connectivity index (χ2n) is 8.89. The van der Waals surface area contributed by atoms with E-state index in [0.29, 0.717) is 0 Å². The van der Waals surface area contributed by atoms with Gasteiger partial charge in [-0.05, 0) is 12.8 Å². The zero-order chi connectivity index (χ0) is 23.9. The van der Waals surface area contributed by atoms with Crippen LogP contribution in [-0.2, 0) is 19.1 Å². The van der Waals surface area contributed by atoms with Crippen molar-refractivity contribution < 1.29 is 19.1 Å². The SMILES string of the molecule is CCCCC1COC(=O)CC(S)C(=O)O1.CCCCCCC[CH2][Sn][CH2]CCCCCCC. The molecule has 1 heterocycles. The van der Waals surface area contributed by atoms with Crippen molar-refractivity contribution in [2.75, 3.05) is 6.61 Å². The molecular weight excluding hydrogens is 527 g/mol. The second-order valence-corrected chi connectivity index (χ2v) is 13.8. The Morgan fingerprint density at radius 1 is 0.781 bits per heavy atom. The monoisotopic (exact) mass is 578 g/mol. The minimum absolute atomic E-state index is 0.0115. The van der Waals surface area contributed by atoms with Crippen LogP contribution in [0.25, 0.3) is 0 Å². The summed E-state index contributed by atoms with van der Waals surface area (Å²) in [4.78, 5) is 22.5. The molecule has 0 aromatic heterocycles. The molecule has 0 aromatic rings. The first-order chi connectivity index (χ1) is 15.5. The minimum atomic E-state index is -0.693. The summed E-state index contributed by atoms with van der Waals surface area (Å²) in [6, 6.07) is 0. The number of carbonyl (C=O) groups excluding carboxylic acids is 2. The van der Waals surface area contributed by atoms with E-state index in [2.05, 4.69) is 33.4 Å². The fraction of sp³-hybridized carbons (Fsp3) is 0.923. The molecule has 2 atom stereocenters. The number of hydrogen-bond acceptors (Lipinski definition) is 5. The van der Waals surface area contributed by atoms with Crippen molar-refractivity contribution in [3.63, 3.8) is 0 Å². The summed E-state index contributed by atoms with van der Waals surface area (Å²) in [6.45, 7) is 6.83. The predicted octanol–water partition coefficient (Wildman–Crippen LogP) is 7.58. The predicted molar refractivity (Wildman–Crippen MR) is 140 cm³/mol. The standard InChI is InChI=1S/C10H16O4S.2C8H17.Sn/c1-2-3-4-7-6-13-9(11)5-8(15)10(12)14-7;2*1-3-5-7-8-6-4-2;/h7-8,15H,2-6H2,1H3;2*1,3-8H2,2H3;. The van der Waals surface area contributed by atoms with Gasteiger partial charge in [0.1, 0.15) is 18.0 Å². The van der Waals surface area contributed by atoms with Gasteiger partial charge in [-0.2, -0.15) is 12.6 Å². The van der Waals surface area contributed by atoms with Crippen LogP contribution in [0, 0.1) is 0 Å². The van der Waals surface area contributed by atoms with Crippen LogP contribution in [0.4, 0.5) is 0 Å². The molecule has 0 aliphatic carbocycles. The molecule has 2 radical (unpaired) electrons. The van der Waals surface area contributed by atoms with Gasteiger partial charge in [0, 0.05) is 0 Å². The third-order valence-corrected chi connectivity index (χ3v) is 10.1. The molecule has 6 heteroatoms. The molecule has 32 heavy (non-hydrogen) atoms. The Labute approximate surface area is 214 Å². The zero-order valence-electron chi connectivity index (χ0n) is 21.2. The molecule has 0 aromatic carbocycles.